The third-order valence-electron chi connectivity index (χ3n) is 3.66. The van der Waals surface area contributed by atoms with E-state index in [0.717, 1.165) is 5.69 Å². The lowest BCUT2D eigenvalue weighted by Gasteiger charge is -2.28. The number of aromatic nitrogens is 1. The number of ether oxygens (including phenoxy) is 1. The standard InChI is InChI=1S/C15H21N3O3/c1-4-12-15(20)18(10(2)8-13(19)17-12)9-11-6-5-7-14(16-11)21-3/h5-7,10,12H,4,8-9H2,1-3H3,(H,17,19). The first-order valence-electron chi connectivity index (χ1n) is 7.15. The fourth-order valence-electron chi connectivity index (χ4n) is 2.46. The fraction of sp³-hybridized carbons (Fsp3) is 0.533. The van der Waals surface area contributed by atoms with E-state index in [-0.39, 0.29) is 17.9 Å². The lowest BCUT2D eigenvalue weighted by atomic mass is 10.1. The topological polar surface area (TPSA) is 71.5 Å². The van der Waals surface area contributed by atoms with Crippen molar-refractivity contribution in [2.24, 2.45) is 0 Å². The van der Waals surface area contributed by atoms with E-state index in [1.165, 1.54) is 0 Å². The van der Waals surface area contributed by atoms with Gasteiger partial charge in [-0.2, -0.15) is 0 Å². The van der Waals surface area contributed by atoms with Gasteiger partial charge in [-0.15, -0.1) is 0 Å². The maximum absolute atomic E-state index is 12.5. The van der Waals surface area contributed by atoms with E-state index >= 15 is 0 Å². The van der Waals surface area contributed by atoms with E-state index in [9.17, 15) is 9.59 Å². The summed E-state index contributed by atoms with van der Waals surface area (Å²) in [7, 11) is 1.56. The second-order valence-corrected chi connectivity index (χ2v) is 5.22. The molecule has 0 spiro atoms. The molecule has 2 unspecified atom stereocenters. The zero-order valence-corrected chi connectivity index (χ0v) is 12.6. The minimum Gasteiger partial charge on any atom is -0.481 e. The number of rotatable bonds is 4. The quantitative estimate of drug-likeness (QED) is 0.902. The van der Waals surface area contributed by atoms with Gasteiger partial charge in [-0.1, -0.05) is 13.0 Å². The van der Waals surface area contributed by atoms with Crippen molar-refractivity contribution in [1.29, 1.82) is 0 Å². The molecule has 1 saturated heterocycles. The minimum atomic E-state index is -0.451. The largest absolute Gasteiger partial charge is 0.481 e. The Hall–Kier alpha value is -2.11. The van der Waals surface area contributed by atoms with E-state index in [2.05, 4.69) is 10.3 Å². The molecular formula is C15H21N3O3. The summed E-state index contributed by atoms with van der Waals surface area (Å²) in [5.74, 6) is 0.382. The second kappa shape index (κ2) is 6.56. The lowest BCUT2D eigenvalue weighted by Crippen LogP contribution is -2.45. The number of nitrogens with zero attached hydrogens (tertiary/aromatic N) is 2. The Morgan fingerprint density at radius 1 is 1.43 bits per heavy atom. The summed E-state index contributed by atoms with van der Waals surface area (Å²) in [4.78, 5) is 30.4. The number of carbonyl (C=O) groups excluding carboxylic acids is 2. The predicted octanol–water partition coefficient (Wildman–Crippen LogP) is 1.11. The summed E-state index contributed by atoms with van der Waals surface area (Å²) >= 11 is 0. The van der Waals surface area contributed by atoms with Gasteiger partial charge in [0.05, 0.1) is 19.3 Å². The SMILES string of the molecule is CCC1NC(=O)CC(C)N(Cc2cccc(OC)n2)C1=O. The molecule has 1 N–H and O–H groups in total. The van der Waals surface area contributed by atoms with E-state index in [1.54, 1.807) is 18.1 Å². The van der Waals surface area contributed by atoms with Crippen LogP contribution < -0.4 is 10.1 Å². The molecule has 6 nitrogen and oxygen atoms in total. The fourth-order valence-corrected chi connectivity index (χ4v) is 2.46. The van der Waals surface area contributed by atoms with Gasteiger partial charge in [0.2, 0.25) is 17.7 Å². The number of nitrogens with one attached hydrogen (secondary N) is 1. The highest BCUT2D eigenvalue weighted by atomic mass is 16.5. The number of hydrogen-bond donors (Lipinski definition) is 1. The maximum atomic E-state index is 12.5. The van der Waals surface area contributed by atoms with Crippen molar-refractivity contribution in [2.75, 3.05) is 7.11 Å². The third-order valence-corrected chi connectivity index (χ3v) is 3.66. The van der Waals surface area contributed by atoms with Gasteiger partial charge in [0, 0.05) is 18.5 Å². The van der Waals surface area contributed by atoms with Crippen molar-refractivity contribution < 1.29 is 14.3 Å². The molecule has 1 aliphatic rings. The molecule has 0 aromatic carbocycles. The normalized spacial score (nSPS) is 22.7. The molecule has 2 atom stereocenters. The Labute approximate surface area is 124 Å². The molecule has 0 saturated carbocycles. The number of carbonyl (C=O) groups is 2. The molecule has 0 aliphatic carbocycles. The summed E-state index contributed by atoms with van der Waals surface area (Å²) in [5, 5.41) is 2.77. The number of hydrogen-bond acceptors (Lipinski definition) is 4. The highest BCUT2D eigenvalue weighted by Gasteiger charge is 2.33. The van der Waals surface area contributed by atoms with Crippen LogP contribution >= 0.6 is 0 Å². The smallest absolute Gasteiger partial charge is 0.245 e. The molecule has 1 aromatic rings. The van der Waals surface area contributed by atoms with Crippen LogP contribution in [0.3, 0.4) is 0 Å². The van der Waals surface area contributed by atoms with E-state index < -0.39 is 6.04 Å². The van der Waals surface area contributed by atoms with Crippen LogP contribution in [0.2, 0.25) is 0 Å². The summed E-state index contributed by atoms with van der Waals surface area (Å²) < 4.78 is 5.10. The van der Waals surface area contributed by atoms with Crippen molar-refractivity contribution in [2.45, 2.75) is 45.3 Å². The van der Waals surface area contributed by atoms with E-state index in [4.69, 9.17) is 4.74 Å². The number of amides is 2. The molecule has 1 aromatic heterocycles. The van der Waals surface area contributed by atoms with Crippen molar-refractivity contribution in [1.82, 2.24) is 15.2 Å². The predicted molar refractivity (Wildman–Crippen MR) is 77.6 cm³/mol. The van der Waals surface area contributed by atoms with Crippen LogP contribution in [0.4, 0.5) is 0 Å². The van der Waals surface area contributed by atoms with Gasteiger partial charge in [-0.3, -0.25) is 9.59 Å². The number of methoxy groups -OCH3 is 1. The van der Waals surface area contributed by atoms with Crippen molar-refractivity contribution in [3.05, 3.63) is 23.9 Å². The van der Waals surface area contributed by atoms with Crippen LogP contribution in [0.1, 0.15) is 32.4 Å². The molecule has 1 fully saturated rings. The van der Waals surface area contributed by atoms with Crippen LogP contribution in [0, 0.1) is 0 Å². The Morgan fingerprint density at radius 3 is 2.86 bits per heavy atom. The molecule has 6 heteroatoms. The first-order chi connectivity index (χ1) is 10.0. The van der Waals surface area contributed by atoms with Gasteiger partial charge in [0.25, 0.3) is 0 Å². The van der Waals surface area contributed by atoms with Gasteiger partial charge >= 0.3 is 0 Å². The second-order valence-electron chi connectivity index (χ2n) is 5.22. The van der Waals surface area contributed by atoms with Crippen LogP contribution in [0.15, 0.2) is 18.2 Å². The lowest BCUT2D eigenvalue weighted by molar-refractivity contribution is -0.135. The Balaban J connectivity index is 2.22. The average Bonchev–Trinajstić information content (AvgIpc) is 2.58. The molecule has 2 heterocycles. The summed E-state index contributed by atoms with van der Waals surface area (Å²) in [6, 6.07) is 4.85. The van der Waals surface area contributed by atoms with Crippen LogP contribution in [-0.4, -0.2) is 40.9 Å². The number of pyridine rings is 1. The molecule has 2 amide bonds. The van der Waals surface area contributed by atoms with Crippen molar-refractivity contribution in [3.63, 3.8) is 0 Å². The van der Waals surface area contributed by atoms with Gasteiger partial charge in [-0.05, 0) is 19.4 Å². The van der Waals surface area contributed by atoms with Crippen LogP contribution in [0.25, 0.3) is 0 Å². The summed E-state index contributed by atoms with van der Waals surface area (Å²) in [5.41, 5.74) is 0.749. The van der Waals surface area contributed by atoms with Gasteiger partial charge in [-0.25, -0.2) is 4.98 Å². The highest BCUT2D eigenvalue weighted by Crippen LogP contribution is 2.17. The summed E-state index contributed by atoms with van der Waals surface area (Å²) in [6.45, 7) is 4.15. The third kappa shape index (κ3) is 3.51. The molecule has 2 rings (SSSR count). The van der Waals surface area contributed by atoms with Crippen LogP contribution in [-0.2, 0) is 16.1 Å². The molecule has 1 aliphatic heterocycles. The van der Waals surface area contributed by atoms with Crippen LogP contribution in [0.5, 0.6) is 5.88 Å². The Morgan fingerprint density at radius 2 is 2.19 bits per heavy atom. The van der Waals surface area contributed by atoms with Gasteiger partial charge < -0.3 is 15.0 Å². The Kier molecular flexibility index (Phi) is 4.77. The summed E-state index contributed by atoms with van der Waals surface area (Å²) in [6.07, 6.45) is 0.894. The molecule has 0 bridgehead atoms. The minimum absolute atomic E-state index is 0.0551. The van der Waals surface area contributed by atoms with Gasteiger partial charge in [0.15, 0.2) is 0 Å². The first kappa shape index (κ1) is 15.3. The first-order valence-corrected chi connectivity index (χ1v) is 7.15. The highest BCUT2D eigenvalue weighted by molar-refractivity contribution is 5.90. The average molecular weight is 291 g/mol. The van der Waals surface area contributed by atoms with E-state index in [0.29, 0.717) is 25.3 Å². The molecule has 114 valence electrons. The van der Waals surface area contributed by atoms with Crippen molar-refractivity contribution in [3.8, 4) is 5.88 Å². The van der Waals surface area contributed by atoms with Gasteiger partial charge in [0.1, 0.15) is 6.04 Å². The zero-order valence-electron chi connectivity index (χ0n) is 12.6. The molecule has 0 radical (unpaired) electrons. The van der Waals surface area contributed by atoms with E-state index in [1.807, 2.05) is 26.0 Å². The maximum Gasteiger partial charge on any atom is 0.245 e. The monoisotopic (exact) mass is 291 g/mol. The molecular weight excluding hydrogens is 270 g/mol. The molecule has 21 heavy (non-hydrogen) atoms. The Bertz CT molecular complexity index is 533. The zero-order chi connectivity index (χ0) is 15.4. The van der Waals surface area contributed by atoms with Crippen molar-refractivity contribution >= 4 is 11.8 Å².